The number of aryl methyl sites for hydroxylation is 1. The van der Waals surface area contributed by atoms with Crippen LogP contribution in [-0.4, -0.2) is 14.8 Å². The van der Waals surface area contributed by atoms with Crippen molar-refractivity contribution in [1.82, 2.24) is 14.8 Å². The molecule has 3 aromatic rings. The SMILES string of the molecule is Cc1ccc(Br)cc1-c1nnc(CBr)n1-c1ccccc1. The first-order chi connectivity index (χ1) is 10.2. The van der Waals surface area contributed by atoms with Crippen molar-refractivity contribution >= 4 is 31.9 Å². The fourth-order valence-electron chi connectivity index (χ4n) is 2.26. The van der Waals surface area contributed by atoms with E-state index in [0.717, 1.165) is 27.4 Å². The van der Waals surface area contributed by atoms with Crippen LogP contribution in [0.5, 0.6) is 0 Å². The summed E-state index contributed by atoms with van der Waals surface area (Å²) in [6.07, 6.45) is 0. The van der Waals surface area contributed by atoms with Crippen LogP contribution in [0.3, 0.4) is 0 Å². The predicted molar refractivity (Wildman–Crippen MR) is 91.9 cm³/mol. The average Bonchev–Trinajstić information content (AvgIpc) is 2.94. The van der Waals surface area contributed by atoms with Crippen LogP contribution < -0.4 is 0 Å². The van der Waals surface area contributed by atoms with E-state index in [1.165, 1.54) is 5.56 Å². The Labute approximate surface area is 140 Å². The molecule has 0 radical (unpaired) electrons. The summed E-state index contributed by atoms with van der Waals surface area (Å²) < 4.78 is 3.12. The zero-order valence-electron chi connectivity index (χ0n) is 11.4. The van der Waals surface area contributed by atoms with Gasteiger partial charge in [0.15, 0.2) is 5.82 Å². The number of para-hydroxylation sites is 1. The minimum Gasteiger partial charge on any atom is -0.278 e. The summed E-state index contributed by atoms with van der Waals surface area (Å²) in [4.78, 5) is 0. The summed E-state index contributed by atoms with van der Waals surface area (Å²) >= 11 is 7.02. The van der Waals surface area contributed by atoms with Gasteiger partial charge in [-0.15, -0.1) is 10.2 Å². The van der Waals surface area contributed by atoms with E-state index in [9.17, 15) is 0 Å². The molecule has 3 nitrogen and oxygen atoms in total. The van der Waals surface area contributed by atoms with Crippen LogP contribution in [0, 0.1) is 6.92 Å². The third-order valence-corrected chi connectivity index (χ3v) is 4.30. The number of rotatable bonds is 3. The molecule has 0 atom stereocenters. The van der Waals surface area contributed by atoms with Gasteiger partial charge < -0.3 is 0 Å². The molecule has 1 heterocycles. The molecule has 0 saturated carbocycles. The van der Waals surface area contributed by atoms with E-state index in [0.29, 0.717) is 5.33 Å². The lowest BCUT2D eigenvalue weighted by molar-refractivity contribution is 0.961. The fraction of sp³-hybridized carbons (Fsp3) is 0.125. The van der Waals surface area contributed by atoms with E-state index < -0.39 is 0 Å². The minimum atomic E-state index is 0.655. The smallest absolute Gasteiger partial charge is 0.168 e. The largest absolute Gasteiger partial charge is 0.278 e. The molecule has 0 spiro atoms. The fourth-order valence-corrected chi connectivity index (χ4v) is 2.99. The number of nitrogens with zero attached hydrogens (tertiary/aromatic N) is 3. The Balaban J connectivity index is 2.25. The third kappa shape index (κ3) is 2.80. The second-order valence-electron chi connectivity index (χ2n) is 4.70. The van der Waals surface area contributed by atoms with Gasteiger partial charge in [0.05, 0.1) is 5.33 Å². The molecule has 0 aliphatic carbocycles. The molecule has 0 aliphatic rings. The van der Waals surface area contributed by atoms with Gasteiger partial charge in [0.2, 0.25) is 0 Å². The maximum atomic E-state index is 4.40. The van der Waals surface area contributed by atoms with Crippen molar-refractivity contribution in [3.8, 4) is 17.1 Å². The van der Waals surface area contributed by atoms with Gasteiger partial charge in [0, 0.05) is 15.7 Å². The topological polar surface area (TPSA) is 30.7 Å². The lowest BCUT2D eigenvalue weighted by Gasteiger charge is -2.11. The van der Waals surface area contributed by atoms with Crippen molar-refractivity contribution in [2.75, 3.05) is 0 Å². The molecule has 21 heavy (non-hydrogen) atoms. The molecule has 0 N–H and O–H groups in total. The summed E-state index contributed by atoms with van der Waals surface area (Å²) in [7, 11) is 0. The van der Waals surface area contributed by atoms with E-state index in [2.05, 4.69) is 77.8 Å². The lowest BCUT2D eigenvalue weighted by atomic mass is 10.1. The standard InChI is InChI=1S/C16H13Br2N3/c1-11-7-8-12(18)9-14(11)16-20-19-15(10-17)21(16)13-5-3-2-4-6-13/h2-9H,10H2,1H3. The summed E-state index contributed by atoms with van der Waals surface area (Å²) in [6, 6.07) is 16.4. The molecule has 0 fully saturated rings. The molecule has 0 aliphatic heterocycles. The zero-order valence-corrected chi connectivity index (χ0v) is 14.6. The highest BCUT2D eigenvalue weighted by atomic mass is 79.9. The Kier molecular flexibility index (Phi) is 4.22. The van der Waals surface area contributed by atoms with Gasteiger partial charge in [-0.2, -0.15) is 0 Å². The Hall–Kier alpha value is -1.46. The predicted octanol–water partition coefficient (Wildman–Crippen LogP) is 4.90. The Morgan fingerprint density at radius 2 is 1.81 bits per heavy atom. The van der Waals surface area contributed by atoms with E-state index >= 15 is 0 Å². The van der Waals surface area contributed by atoms with E-state index in [4.69, 9.17) is 0 Å². The van der Waals surface area contributed by atoms with Crippen molar-refractivity contribution in [2.45, 2.75) is 12.3 Å². The molecular formula is C16H13Br2N3. The second-order valence-corrected chi connectivity index (χ2v) is 6.18. The minimum absolute atomic E-state index is 0.655. The molecule has 1 aromatic heterocycles. The number of alkyl halides is 1. The van der Waals surface area contributed by atoms with Crippen LogP contribution in [0.25, 0.3) is 17.1 Å². The normalized spacial score (nSPS) is 10.8. The molecular weight excluding hydrogens is 394 g/mol. The Morgan fingerprint density at radius 3 is 2.52 bits per heavy atom. The first kappa shape index (κ1) is 14.5. The maximum absolute atomic E-state index is 4.40. The number of benzene rings is 2. The molecule has 106 valence electrons. The molecule has 0 bridgehead atoms. The van der Waals surface area contributed by atoms with Gasteiger partial charge in [-0.25, -0.2) is 0 Å². The summed E-state index contributed by atoms with van der Waals surface area (Å²) in [5.74, 6) is 1.74. The molecule has 0 saturated heterocycles. The monoisotopic (exact) mass is 405 g/mol. The van der Waals surface area contributed by atoms with Gasteiger partial charge in [-0.05, 0) is 36.8 Å². The van der Waals surface area contributed by atoms with Crippen molar-refractivity contribution in [1.29, 1.82) is 0 Å². The van der Waals surface area contributed by atoms with Crippen LogP contribution in [0.1, 0.15) is 11.4 Å². The van der Waals surface area contributed by atoms with Crippen molar-refractivity contribution in [3.63, 3.8) is 0 Å². The van der Waals surface area contributed by atoms with Gasteiger partial charge in [-0.1, -0.05) is 56.1 Å². The first-order valence-electron chi connectivity index (χ1n) is 6.53. The van der Waals surface area contributed by atoms with Crippen molar-refractivity contribution in [2.24, 2.45) is 0 Å². The Morgan fingerprint density at radius 1 is 1.05 bits per heavy atom. The third-order valence-electron chi connectivity index (χ3n) is 3.30. The van der Waals surface area contributed by atoms with Crippen molar-refractivity contribution in [3.05, 3.63) is 64.4 Å². The first-order valence-corrected chi connectivity index (χ1v) is 8.44. The maximum Gasteiger partial charge on any atom is 0.168 e. The van der Waals surface area contributed by atoms with Gasteiger partial charge in [-0.3, -0.25) is 4.57 Å². The summed E-state index contributed by atoms with van der Waals surface area (Å²) in [6.45, 7) is 2.08. The molecule has 5 heteroatoms. The number of hydrogen-bond acceptors (Lipinski definition) is 2. The van der Waals surface area contributed by atoms with E-state index in [-0.39, 0.29) is 0 Å². The molecule has 0 amide bonds. The highest BCUT2D eigenvalue weighted by Crippen LogP contribution is 2.28. The van der Waals surface area contributed by atoms with Crippen LogP contribution in [0.15, 0.2) is 53.0 Å². The highest BCUT2D eigenvalue weighted by molar-refractivity contribution is 9.10. The molecule has 3 rings (SSSR count). The highest BCUT2D eigenvalue weighted by Gasteiger charge is 2.16. The number of halogens is 2. The second kappa shape index (κ2) is 6.12. The van der Waals surface area contributed by atoms with E-state index in [1.807, 2.05) is 24.3 Å². The van der Waals surface area contributed by atoms with Crippen molar-refractivity contribution < 1.29 is 0 Å². The quantitative estimate of drug-likeness (QED) is 0.579. The molecule has 2 aromatic carbocycles. The molecule has 0 unspecified atom stereocenters. The van der Waals surface area contributed by atoms with Gasteiger partial charge >= 0.3 is 0 Å². The zero-order chi connectivity index (χ0) is 14.8. The van der Waals surface area contributed by atoms with Crippen LogP contribution >= 0.6 is 31.9 Å². The summed E-state index contributed by atoms with van der Waals surface area (Å²) in [5, 5.41) is 9.36. The van der Waals surface area contributed by atoms with Crippen LogP contribution in [0.2, 0.25) is 0 Å². The Bertz CT molecular complexity index is 766. The van der Waals surface area contributed by atoms with Gasteiger partial charge in [0.25, 0.3) is 0 Å². The van der Waals surface area contributed by atoms with Gasteiger partial charge in [0.1, 0.15) is 5.82 Å². The lowest BCUT2D eigenvalue weighted by Crippen LogP contribution is -2.02. The number of aromatic nitrogens is 3. The van der Waals surface area contributed by atoms with E-state index in [1.54, 1.807) is 0 Å². The van der Waals surface area contributed by atoms with Crippen LogP contribution in [-0.2, 0) is 5.33 Å². The average molecular weight is 407 g/mol. The number of hydrogen-bond donors (Lipinski definition) is 0. The van der Waals surface area contributed by atoms with Crippen LogP contribution in [0.4, 0.5) is 0 Å². The summed E-state index contributed by atoms with van der Waals surface area (Å²) in [5.41, 5.74) is 3.31.